The van der Waals surface area contributed by atoms with E-state index in [0.717, 1.165) is 24.2 Å². The van der Waals surface area contributed by atoms with Crippen molar-refractivity contribution in [3.63, 3.8) is 0 Å². The smallest absolute Gasteiger partial charge is 0.129 e. The Bertz CT molecular complexity index is 383. The summed E-state index contributed by atoms with van der Waals surface area (Å²) < 4.78 is 14.0. The molecule has 2 nitrogen and oxygen atoms in total. The third-order valence-electron chi connectivity index (χ3n) is 2.86. The van der Waals surface area contributed by atoms with Crippen LogP contribution in [0.4, 0.5) is 10.1 Å². The molecule has 1 rings (SSSR count). The highest BCUT2D eigenvalue weighted by Gasteiger charge is 2.15. The molecule has 1 N–H and O–H groups in total. The highest BCUT2D eigenvalue weighted by molar-refractivity contribution is 5.53. The van der Waals surface area contributed by atoms with Crippen LogP contribution in [0.1, 0.15) is 39.7 Å². The second kappa shape index (κ2) is 6.19. The lowest BCUT2D eigenvalue weighted by Gasteiger charge is -2.25. The van der Waals surface area contributed by atoms with Crippen LogP contribution in [0.15, 0.2) is 18.2 Å². The molecule has 0 spiro atoms. The van der Waals surface area contributed by atoms with Gasteiger partial charge in [0.1, 0.15) is 5.82 Å². The van der Waals surface area contributed by atoms with Crippen molar-refractivity contribution in [2.45, 2.75) is 46.2 Å². The summed E-state index contributed by atoms with van der Waals surface area (Å²) in [6.45, 7) is 9.88. The molecule has 18 heavy (non-hydrogen) atoms. The van der Waals surface area contributed by atoms with Crippen molar-refractivity contribution in [3.05, 3.63) is 29.6 Å². The van der Waals surface area contributed by atoms with E-state index in [4.69, 9.17) is 0 Å². The topological polar surface area (TPSA) is 15.3 Å². The first kappa shape index (κ1) is 15.0. The van der Waals surface area contributed by atoms with Gasteiger partial charge in [0.25, 0.3) is 0 Å². The average molecular weight is 252 g/mol. The fourth-order valence-electron chi connectivity index (χ4n) is 1.89. The van der Waals surface area contributed by atoms with Crippen LogP contribution >= 0.6 is 0 Å². The molecule has 0 saturated carbocycles. The lowest BCUT2D eigenvalue weighted by molar-refractivity contribution is 0.418. The maximum absolute atomic E-state index is 14.0. The quantitative estimate of drug-likeness (QED) is 0.862. The maximum atomic E-state index is 14.0. The van der Waals surface area contributed by atoms with Gasteiger partial charge in [-0.05, 0) is 39.3 Å². The zero-order valence-electron chi connectivity index (χ0n) is 12.2. The number of hydrogen-bond acceptors (Lipinski definition) is 2. The Morgan fingerprint density at radius 1 is 1.28 bits per heavy atom. The molecule has 0 aliphatic carbocycles. The monoisotopic (exact) mass is 252 g/mol. The van der Waals surface area contributed by atoms with E-state index in [2.05, 4.69) is 37.9 Å². The molecule has 1 aromatic rings. The van der Waals surface area contributed by atoms with Gasteiger partial charge in [0.05, 0.1) is 0 Å². The van der Waals surface area contributed by atoms with Crippen LogP contribution in [0.3, 0.4) is 0 Å². The van der Waals surface area contributed by atoms with Crippen LogP contribution < -0.4 is 10.2 Å². The standard InChI is InChI=1S/C15H25FN2/c1-6-10-18(5)14-9-7-8-13(16)12(14)11-17-15(2,3)4/h7-9,17H,6,10-11H2,1-5H3. The Labute approximate surface area is 110 Å². The first-order valence-corrected chi connectivity index (χ1v) is 6.58. The number of halogens is 1. The predicted octanol–water partition coefficient (Wildman–Crippen LogP) is 3.56. The van der Waals surface area contributed by atoms with Crippen molar-refractivity contribution in [3.8, 4) is 0 Å². The van der Waals surface area contributed by atoms with Crippen LogP contribution in [-0.4, -0.2) is 19.1 Å². The lowest BCUT2D eigenvalue weighted by atomic mass is 10.1. The molecular formula is C15H25FN2. The molecule has 0 amide bonds. The van der Waals surface area contributed by atoms with Gasteiger partial charge >= 0.3 is 0 Å². The highest BCUT2D eigenvalue weighted by atomic mass is 19.1. The summed E-state index contributed by atoms with van der Waals surface area (Å²) in [5.74, 6) is -0.132. The van der Waals surface area contributed by atoms with Gasteiger partial charge in [0.15, 0.2) is 0 Å². The molecular weight excluding hydrogens is 227 g/mol. The number of anilines is 1. The predicted molar refractivity (Wildman–Crippen MR) is 76.6 cm³/mol. The molecule has 1 aromatic carbocycles. The summed E-state index contributed by atoms with van der Waals surface area (Å²) >= 11 is 0. The first-order valence-electron chi connectivity index (χ1n) is 6.58. The minimum Gasteiger partial charge on any atom is -0.374 e. The number of benzene rings is 1. The summed E-state index contributed by atoms with van der Waals surface area (Å²) in [6.07, 6.45) is 1.05. The fraction of sp³-hybridized carbons (Fsp3) is 0.600. The van der Waals surface area contributed by atoms with Crippen molar-refractivity contribution in [1.29, 1.82) is 0 Å². The van der Waals surface area contributed by atoms with E-state index >= 15 is 0 Å². The SMILES string of the molecule is CCCN(C)c1cccc(F)c1CNC(C)(C)C. The Kier molecular flexibility index (Phi) is 5.15. The second-order valence-corrected chi connectivity index (χ2v) is 5.76. The molecule has 0 radical (unpaired) electrons. The molecule has 3 heteroatoms. The normalized spacial score (nSPS) is 11.7. The minimum absolute atomic E-state index is 0.0110. The first-order chi connectivity index (χ1) is 8.35. The van der Waals surface area contributed by atoms with Gasteiger partial charge < -0.3 is 10.2 Å². The van der Waals surface area contributed by atoms with E-state index < -0.39 is 0 Å². The van der Waals surface area contributed by atoms with E-state index in [-0.39, 0.29) is 11.4 Å². The Morgan fingerprint density at radius 3 is 2.50 bits per heavy atom. The van der Waals surface area contributed by atoms with E-state index in [9.17, 15) is 4.39 Å². The van der Waals surface area contributed by atoms with E-state index in [1.807, 2.05) is 13.1 Å². The zero-order chi connectivity index (χ0) is 13.8. The van der Waals surface area contributed by atoms with Gasteiger partial charge in [-0.3, -0.25) is 0 Å². The van der Waals surface area contributed by atoms with Gasteiger partial charge in [0, 0.05) is 36.9 Å². The maximum Gasteiger partial charge on any atom is 0.129 e. The van der Waals surface area contributed by atoms with Crippen LogP contribution in [0, 0.1) is 5.82 Å². The van der Waals surface area contributed by atoms with E-state index in [1.165, 1.54) is 6.07 Å². The molecule has 0 aliphatic rings. The van der Waals surface area contributed by atoms with Crippen LogP contribution in [-0.2, 0) is 6.54 Å². The van der Waals surface area contributed by atoms with Crippen LogP contribution in [0.25, 0.3) is 0 Å². The zero-order valence-corrected chi connectivity index (χ0v) is 12.2. The molecule has 0 saturated heterocycles. The third kappa shape index (κ3) is 4.30. The molecule has 0 atom stereocenters. The van der Waals surface area contributed by atoms with Gasteiger partial charge in [-0.15, -0.1) is 0 Å². The van der Waals surface area contributed by atoms with Gasteiger partial charge in [-0.1, -0.05) is 13.0 Å². The van der Waals surface area contributed by atoms with Crippen LogP contribution in [0.2, 0.25) is 0 Å². The molecule has 0 heterocycles. The largest absolute Gasteiger partial charge is 0.374 e. The van der Waals surface area contributed by atoms with Crippen LogP contribution in [0.5, 0.6) is 0 Å². The molecule has 0 fully saturated rings. The van der Waals surface area contributed by atoms with Crippen molar-refractivity contribution in [1.82, 2.24) is 5.32 Å². The molecule has 0 bridgehead atoms. The highest BCUT2D eigenvalue weighted by Crippen LogP contribution is 2.23. The number of nitrogens with one attached hydrogen (secondary N) is 1. The lowest BCUT2D eigenvalue weighted by Crippen LogP contribution is -2.36. The number of rotatable bonds is 5. The summed E-state index contributed by atoms with van der Waals surface area (Å²) in [4.78, 5) is 2.11. The summed E-state index contributed by atoms with van der Waals surface area (Å²) in [5, 5.41) is 3.35. The van der Waals surface area contributed by atoms with Crippen molar-refractivity contribution < 1.29 is 4.39 Å². The summed E-state index contributed by atoms with van der Waals surface area (Å²) in [6, 6.07) is 5.29. The Hall–Kier alpha value is -1.09. The Morgan fingerprint density at radius 2 is 1.94 bits per heavy atom. The van der Waals surface area contributed by atoms with Crippen molar-refractivity contribution in [2.24, 2.45) is 0 Å². The molecule has 0 unspecified atom stereocenters. The summed E-state index contributed by atoms with van der Waals surface area (Å²) in [7, 11) is 2.01. The Balaban J connectivity index is 2.93. The number of hydrogen-bond donors (Lipinski definition) is 1. The number of nitrogens with zero attached hydrogens (tertiary/aromatic N) is 1. The second-order valence-electron chi connectivity index (χ2n) is 5.76. The third-order valence-corrected chi connectivity index (χ3v) is 2.86. The molecule has 0 aliphatic heterocycles. The van der Waals surface area contributed by atoms with Gasteiger partial charge in [-0.25, -0.2) is 4.39 Å². The van der Waals surface area contributed by atoms with Crippen molar-refractivity contribution >= 4 is 5.69 Å². The van der Waals surface area contributed by atoms with Gasteiger partial charge in [-0.2, -0.15) is 0 Å². The summed E-state index contributed by atoms with van der Waals surface area (Å²) in [5.41, 5.74) is 1.72. The minimum atomic E-state index is -0.132. The molecule has 102 valence electrons. The fourth-order valence-corrected chi connectivity index (χ4v) is 1.89. The van der Waals surface area contributed by atoms with E-state index in [0.29, 0.717) is 6.54 Å². The average Bonchev–Trinajstić information content (AvgIpc) is 2.26. The molecule has 0 aromatic heterocycles. The van der Waals surface area contributed by atoms with Crippen molar-refractivity contribution in [2.75, 3.05) is 18.5 Å². The van der Waals surface area contributed by atoms with Gasteiger partial charge in [0.2, 0.25) is 0 Å². The van der Waals surface area contributed by atoms with E-state index in [1.54, 1.807) is 6.07 Å².